The monoisotopic (exact) mass is 284 g/mol. The molecule has 1 aromatic carbocycles. The number of hydrogen-bond acceptors (Lipinski definition) is 2. The van der Waals surface area contributed by atoms with Crippen LogP contribution in [0.4, 0.5) is 10.1 Å². The standard InChI is InChI=1S/C15H22ClFN2/c1-4-12-9-19(15(8-18-12)10(2)3)14-7-11(17)5-6-13(14)16/h5-7,10,12,15,18H,4,8-9H2,1-3H3. The van der Waals surface area contributed by atoms with Crippen molar-refractivity contribution in [1.82, 2.24) is 5.32 Å². The van der Waals surface area contributed by atoms with Crippen molar-refractivity contribution in [2.24, 2.45) is 5.92 Å². The topological polar surface area (TPSA) is 15.3 Å². The maximum Gasteiger partial charge on any atom is 0.125 e. The number of piperazine rings is 1. The Bertz CT molecular complexity index is 436. The van der Waals surface area contributed by atoms with Crippen molar-refractivity contribution < 1.29 is 4.39 Å². The van der Waals surface area contributed by atoms with Crippen LogP contribution in [0.5, 0.6) is 0 Å². The molecule has 0 saturated carbocycles. The molecule has 0 amide bonds. The fourth-order valence-corrected chi connectivity index (χ4v) is 2.91. The fourth-order valence-electron chi connectivity index (χ4n) is 2.69. The van der Waals surface area contributed by atoms with Crippen molar-refractivity contribution in [1.29, 1.82) is 0 Å². The first-order valence-corrected chi connectivity index (χ1v) is 7.35. The molecule has 0 radical (unpaired) electrons. The van der Waals surface area contributed by atoms with Crippen molar-refractivity contribution in [3.8, 4) is 0 Å². The van der Waals surface area contributed by atoms with Gasteiger partial charge in [0.15, 0.2) is 0 Å². The number of hydrogen-bond donors (Lipinski definition) is 1. The van der Waals surface area contributed by atoms with Crippen molar-refractivity contribution in [3.63, 3.8) is 0 Å². The summed E-state index contributed by atoms with van der Waals surface area (Å²) in [4.78, 5) is 2.26. The molecular formula is C15H22ClFN2. The molecule has 1 fully saturated rings. The van der Waals surface area contributed by atoms with Crippen molar-refractivity contribution in [2.45, 2.75) is 39.3 Å². The van der Waals surface area contributed by atoms with Crippen LogP contribution >= 0.6 is 11.6 Å². The van der Waals surface area contributed by atoms with E-state index in [9.17, 15) is 4.39 Å². The average molecular weight is 285 g/mol. The fraction of sp³-hybridized carbons (Fsp3) is 0.600. The predicted molar refractivity (Wildman–Crippen MR) is 79.5 cm³/mol. The zero-order chi connectivity index (χ0) is 14.0. The summed E-state index contributed by atoms with van der Waals surface area (Å²) in [7, 11) is 0. The highest BCUT2D eigenvalue weighted by atomic mass is 35.5. The summed E-state index contributed by atoms with van der Waals surface area (Å²) < 4.78 is 13.5. The molecule has 1 aliphatic heterocycles. The van der Waals surface area contributed by atoms with Gasteiger partial charge in [-0.2, -0.15) is 0 Å². The minimum atomic E-state index is -0.228. The van der Waals surface area contributed by atoms with E-state index in [-0.39, 0.29) is 5.82 Å². The van der Waals surface area contributed by atoms with E-state index in [1.807, 2.05) is 0 Å². The second kappa shape index (κ2) is 6.10. The third-order valence-electron chi connectivity index (χ3n) is 3.91. The Labute approximate surface area is 119 Å². The number of anilines is 1. The summed E-state index contributed by atoms with van der Waals surface area (Å²) in [6.45, 7) is 8.35. The van der Waals surface area contributed by atoms with Crippen LogP contribution in [0.25, 0.3) is 0 Å². The summed E-state index contributed by atoms with van der Waals surface area (Å²) in [5.74, 6) is 0.262. The van der Waals surface area contributed by atoms with Gasteiger partial charge in [-0.3, -0.25) is 0 Å². The van der Waals surface area contributed by atoms with Crippen LogP contribution in [0.2, 0.25) is 5.02 Å². The van der Waals surface area contributed by atoms with E-state index < -0.39 is 0 Å². The Morgan fingerprint density at radius 1 is 1.47 bits per heavy atom. The summed E-state index contributed by atoms with van der Waals surface area (Å²) in [5, 5.41) is 4.18. The molecule has 2 atom stereocenters. The molecule has 0 spiro atoms. The lowest BCUT2D eigenvalue weighted by Gasteiger charge is -2.44. The molecule has 1 saturated heterocycles. The van der Waals surface area contributed by atoms with Crippen LogP contribution < -0.4 is 10.2 Å². The van der Waals surface area contributed by atoms with E-state index in [1.165, 1.54) is 6.07 Å². The smallest absolute Gasteiger partial charge is 0.125 e. The molecule has 1 N–H and O–H groups in total. The highest BCUT2D eigenvalue weighted by molar-refractivity contribution is 6.33. The van der Waals surface area contributed by atoms with Gasteiger partial charge in [0.25, 0.3) is 0 Å². The maximum atomic E-state index is 13.5. The van der Waals surface area contributed by atoms with E-state index in [0.29, 0.717) is 23.0 Å². The Balaban J connectivity index is 2.33. The molecule has 106 valence electrons. The normalized spacial score (nSPS) is 24.0. The third kappa shape index (κ3) is 3.21. The highest BCUT2D eigenvalue weighted by Crippen LogP contribution is 2.31. The summed E-state index contributed by atoms with van der Waals surface area (Å²) >= 11 is 6.26. The molecule has 4 heteroatoms. The van der Waals surface area contributed by atoms with Gasteiger partial charge >= 0.3 is 0 Å². The minimum Gasteiger partial charge on any atom is -0.364 e. The van der Waals surface area contributed by atoms with E-state index in [1.54, 1.807) is 12.1 Å². The number of nitrogens with zero attached hydrogens (tertiary/aromatic N) is 1. The van der Waals surface area contributed by atoms with Gasteiger partial charge < -0.3 is 10.2 Å². The zero-order valence-electron chi connectivity index (χ0n) is 11.8. The number of benzene rings is 1. The van der Waals surface area contributed by atoms with Crippen molar-refractivity contribution >= 4 is 17.3 Å². The van der Waals surface area contributed by atoms with Gasteiger partial charge in [0.1, 0.15) is 5.82 Å². The van der Waals surface area contributed by atoms with E-state index in [4.69, 9.17) is 11.6 Å². The largest absolute Gasteiger partial charge is 0.364 e. The zero-order valence-corrected chi connectivity index (χ0v) is 12.5. The molecule has 2 unspecified atom stereocenters. The Kier molecular flexibility index (Phi) is 4.69. The molecule has 19 heavy (non-hydrogen) atoms. The third-order valence-corrected chi connectivity index (χ3v) is 4.23. The number of halogens is 2. The van der Waals surface area contributed by atoms with Crippen LogP contribution in [-0.2, 0) is 0 Å². The molecule has 0 aromatic heterocycles. The Morgan fingerprint density at radius 2 is 2.21 bits per heavy atom. The lowest BCUT2D eigenvalue weighted by atomic mass is 9.97. The van der Waals surface area contributed by atoms with Gasteiger partial charge in [0, 0.05) is 25.2 Å². The van der Waals surface area contributed by atoms with Crippen LogP contribution in [-0.4, -0.2) is 25.2 Å². The predicted octanol–water partition coefficient (Wildman–Crippen LogP) is 3.69. The summed E-state index contributed by atoms with van der Waals surface area (Å²) in [6.07, 6.45) is 1.06. The van der Waals surface area contributed by atoms with Crippen LogP contribution in [0.1, 0.15) is 27.2 Å². The molecule has 2 nitrogen and oxygen atoms in total. The van der Waals surface area contributed by atoms with Crippen LogP contribution in [0.3, 0.4) is 0 Å². The molecule has 1 aromatic rings. The second-order valence-corrected chi connectivity index (χ2v) is 5.98. The number of rotatable bonds is 3. The minimum absolute atomic E-state index is 0.228. The lowest BCUT2D eigenvalue weighted by Crippen LogP contribution is -2.58. The van der Waals surface area contributed by atoms with Gasteiger partial charge in [0.2, 0.25) is 0 Å². The maximum absolute atomic E-state index is 13.5. The molecule has 1 heterocycles. The summed E-state index contributed by atoms with van der Waals surface area (Å²) in [5.41, 5.74) is 0.820. The first kappa shape index (κ1) is 14.6. The molecule has 1 aliphatic rings. The molecule has 0 bridgehead atoms. The van der Waals surface area contributed by atoms with Gasteiger partial charge in [0.05, 0.1) is 10.7 Å². The quantitative estimate of drug-likeness (QED) is 0.911. The van der Waals surface area contributed by atoms with Gasteiger partial charge in [-0.1, -0.05) is 32.4 Å². The highest BCUT2D eigenvalue weighted by Gasteiger charge is 2.30. The van der Waals surface area contributed by atoms with Crippen LogP contribution in [0.15, 0.2) is 18.2 Å². The SMILES string of the molecule is CCC1CN(c2cc(F)ccc2Cl)C(C(C)C)CN1. The van der Waals surface area contributed by atoms with Gasteiger partial charge in [-0.15, -0.1) is 0 Å². The second-order valence-electron chi connectivity index (χ2n) is 5.57. The van der Waals surface area contributed by atoms with Crippen molar-refractivity contribution in [2.75, 3.05) is 18.0 Å². The molecular weight excluding hydrogens is 263 g/mol. The van der Waals surface area contributed by atoms with E-state index in [0.717, 1.165) is 25.2 Å². The summed E-state index contributed by atoms with van der Waals surface area (Å²) in [6, 6.07) is 5.40. The van der Waals surface area contributed by atoms with Crippen LogP contribution in [0, 0.1) is 11.7 Å². The first-order chi connectivity index (χ1) is 9.02. The van der Waals surface area contributed by atoms with E-state index in [2.05, 4.69) is 31.0 Å². The Hall–Kier alpha value is -0.800. The lowest BCUT2D eigenvalue weighted by molar-refractivity contribution is 0.333. The van der Waals surface area contributed by atoms with Crippen molar-refractivity contribution in [3.05, 3.63) is 29.0 Å². The van der Waals surface area contributed by atoms with Gasteiger partial charge in [-0.25, -0.2) is 4.39 Å². The molecule has 0 aliphatic carbocycles. The first-order valence-electron chi connectivity index (χ1n) is 6.98. The average Bonchev–Trinajstić information content (AvgIpc) is 2.40. The Morgan fingerprint density at radius 3 is 2.84 bits per heavy atom. The molecule has 2 rings (SSSR count). The number of nitrogens with one attached hydrogen (secondary N) is 1. The van der Waals surface area contributed by atoms with E-state index >= 15 is 0 Å². The van der Waals surface area contributed by atoms with Gasteiger partial charge in [-0.05, 0) is 30.5 Å².